The molecule has 0 aliphatic carbocycles. The number of hydrogen-bond acceptors (Lipinski definition) is 6. The molecular formula is C30H26F3N7O2S. The Kier molecular flexibility index (Phi) is 8.68. The SMILES string of the molecule is Cc1cccc(C)c1N1CCCSC1=NC(=O)NC(C#N)c1ccc(-c2ncn(-c3ccc(OC(F)(F)F)cc3)n2)cc1. The van der Waals surface area contributed by atoms with E-state index in [1.807, 2.05) is 32.0 Å². The van der Waals surface area contributed by atoms with Crippen molar-refractivity contribution in [2.24, 2.45) is 4.99 Å². The largest absolute Gasteiger partial charge is 0.573 e. The maximum atomic E-state index is 12.9. The van der Waals surface area contributed by atoms with E-state index in [0.717, 1.165) is 35.5 Å². The summed E-state index contributed by atoms with van der Waals surface area (Å²) in [5.74, 6) is 0.874. The first kappa shape index (κ1) is 29.7. The van der Waals surface area contributed by atoms with Gasteiger partial charge in [0.2, 0.25) is 0 Å². The van der Waals surface area contributed by atoms with Crippen LogP contribution in [0.25, 0.3) is 17.1 Å². The second-order valence-electron chi connectivity index (χ2n) is 9.68. The number of halogens is 3. The molecule has 220 valence electrons. The number of benzene rings is 3. The molecule has 1 aliphatic rings. The Morgan fingerprint density at radius 1 is 1.09 bits per heavy atom. The number of alkyl halides is 3. The lowest BCUT2D eigenvalue weighted by atomic mass is 10.1. The Bertz CT molecular complexity index is 1660. The first-order chi connectivity index (χ1) is 20.6. The number of amidine groups is 1. The molecule has 9 nitrogen and oxygen atoms in total. The van der Waals surface area contributed by atoms with Gasteiger partial charge < -0.3 is 15.0 Å². The summed E-state index contributed by atoms with van der Waals surface area (Å²) in [4.78, 5) is 23.6. The van der Waals surface area contributed by atoms with Crippen molar-refractivity contribution in [2.75, 3.05) is 17.2 Å². The van der Waals surface area contributed by atoms with E-state index in [-0.39, 0.29) is 5.75 Å². The molecule has 5 rings (SSSR count). The minimum atomic E-state index is -4.77. The predicted molar refractivity (Wildman–Crippen MR) is 158 cm³/mol. The number of nitrogens with zero attached hydrogens (tertiary/aromatic N) is 6. The van der Waals surface area contributed by atoms with Gasteiger partial charge in [-0.1, -0.05) is 54.2 Å². The quantitative estimate of drug-likeness (QED) is 0.260. The van der Waals surface area contributed by atoms with Crippen LogP contribution in [0.3, 0.4) is 0 Å². The first-order valence-electron chi connectivity index (χ1n) is 13.2. The Hall–Kier alpha value is -4.83. The molecule has 1 aromatic heterocycles. The van der Waals surface area contributed by atoms with Gasteiger partial charge in [0.25, 0.3) is 0 Å². The number of anilines is 1. The molecule has 0 bridgehead atoms. The molecule has 0 radical (unpaired) electrons. The number of rotatable bonds is 6. The molecule has 1 unspecified atom stereocenters. The molecule has 1 saturated heterocycles. The number of hydrogen-bond donors (Lipinski definition) is 1. The van der Waals surface area contributed by atoms with Crippen molar-refractivity contribution in [3.63, 3.8) is 0 Å². The number of nitrogens with one attached hydrogen (secondary N) is 1. The van der Waals surface area contributed by atoms with Crippen molar-refractivity contribution >= 4 is 28.6 Å². The molecule has 43 heavy (non-hydrogen) atoms. The summed E-state index contributed by atoms with van der Waals surface area (Å²) in [5, 5.41) is 17.5. The van der Waals surface area contributed by atoms with Crippen molar-refractivity contribution in [3.05, 3.63) is 89.7 Å². The summed E-state index contributed by atoms with van der Waals surface area (Å²) in [6, 6.07) is 18.7. The minimum Gasteiger partial charge on any atom is -0.406 e. The normalized spacial score (nSPS) is 15.2. The fourth-order valence-corrected chi connectivity index (χ4v) is 5.61. The highest BCUT2D eigenvalue weighted by molar-refractivity contribution is 8.14. The van der Waals surface area contributed by atoms with Crippen LogP contribution in [0.2, 0.25) is 0 Å². The van der Waals surface area contributed by atoms with Gasteiger partial charge in [-0.05, 0) is 61.2 Å². The minimum absolute atomic E-state index is 0.339. The van der Waals surface area contributed by atoms with Gasteiger partial charge in [0.1, 0.15) is 18.1 Å². The van der Waals surface area contributed by atoms with Crippen LogP contribution >= 0.6 is 11.8 Å². The molecule has 1 N–H and O–H groups in total. The standard InChI is InChI=1S/C30H26F3N7O2S/c1-19-5-3-6-20(2)26(19)39-15-4-16-43-29(39)37-28(41)36-25(17-34)21-7-9-22(10-8-21)27-35-18-40(38-27)23-11-13-24(14-12-23)42-30(31,32)33/h3,5-14,18,25H,4,15-16H2,1-2H3,(H,36,41). The van der Waals surface area contributed by atoms with Crippen molar-refractivity contribution < 1.29 is 22.7 Å². The molecule has 1 aliphatic heterocycles. The van der Waals surface area contributed by atoms with Gasteiger partial charge in [-0.15, -0.1) is 18.3 Å². The summed E-state index contributed by atoms with van der Waals surface area (Å²) in [5.41, 5.74) is 4.92. The number of thioether (sulfide) groups is 1. The number of aliphatic imine (C=N–C) groups is 1. The van der Waals surface area contributed by atoms with Crippen LogP contribution in [0.1, 0.15) is 29.2 Å². The Balaban J connectivity index is 1.27. The van der Waals surface area contributed by atoms with Crippen LogP contribution in [0, 0.1) is 25.2 Å². The van der Waals surface area contributed by atoms with Gasteiger partial charge >= 0.3 is 12.4 Å². The van der Waals surface area contributed by atoms with E-state index in [2.05, 4.69) is 36.1 Å². The van der Waals surface area contributed by atoms with Crippen LogP contribution in [-0.4, -0.2) is 44.6 Å². The predicted octanol–water partition coefficient (Wildman–Crippen LogP) is 6.72. The lowest BCUT2D eigenvalue weighted by Gasteiger charge is -2.32. The summed E-state index contributed by atoms with van der Waals surface area (Å²) in [6.45, 7) is 4.81. The van der Waals surface area contributed by atoms with Gasteiger partial charge in [0.15, 0.2) is 11.0 Å². The fraction of sp³-hybridized carbons (Fsp3) is 0.233. The number of urea groups is 1. The highest BCUT2D eigenvalue weighted by atomic mass is 32.2. The van der Waals surface area contributed by atoms with Crippen LogP contribution in [0.5, 0.6) is 5.75 Å². The van der Waals surface area contributed by atoms with Gasteiger partial charge in [0, 0.05) is 23.5 Å². The Morgan fingerprint density at radius 3 is 2.44 bits per heavy atom. The second-order valence-corrected chi connectivity index (χ2v) is 10.7. The summed E-state index contributed by atoms with van der Waals surface area (Å²) in [6.07, 6.45) is -2.38. The molecule has 2 heterocycles. The molecule has 0 saturated carbocycles. The summed E-state index contributed by atoms with van der Waals surface area (Å²) < 4.78 is 42.6. The molecule has 3 aromatic carbocycles. The summed E-state index contributed by atoms with van der Waals surface area (Å²) >= 11 is 1.51. The number of ether oxygens (including phenoxy) is 1. The molecular weight excluding hydrogens is 579 g/mol. The van der Waals surface area contributed by atoms with E-state index in [9.17, 15) is 23.2 Å². The zero-order valence-electron chi connectivity index (χ0n) is 23.2. The highest BCUT2D eigenvalue weighted by Crippen LogP contribution is 2.31. The molecule has 13 heteroatoms. The molecule has 0 spiro atoms. The first-order valence-corrected chi connectivity index (χ1v) is 14.2. The zero-order chi connectivity index (χ0) is 30.6. The number of carbonyl (C=O) groups excluding carboxylic acids is 1. The van der Waals surface area contributed by atoms with Crippen LogP contribution in [-0.2, 0) is 0 Å². The Morgan fingerprint density at radius 2 is 1.79 bits per heavy atom. The zero-order valence-corrected chi connectivity index (χ0v) is 24.0. The molecule has 1 fully saturated rings. The van der Waals surface area contributed by atoms with E-state index in [1.54, 1.807) is 24.3 Å². The third-order valence-corrected chi connectivity index (χ3v) is 7.68. The van der Waals surface area contributed by atoms with Crippen LogP contribution in [0.4, 0.5) is 23.7 Å². The second kappa shape index (κ2) is 12.6. The van der Waals surface area contributed by atoms with Gasteiger partial charge in [-0.25, -0.2) is 14.5 Å². The maximum Gasteiger partial charge on any atom is 0.573 e. The van der Waals surface area contributed by atoms with E-state index in [4.69, 9.17) is 0 Å². The van der Waals surface area contributed by atoms with Crippen molar-refractivity contribution in [3.8, 4) is 28.9 Å². The fourth-order valence-electron chi connectivity index (χ4n) is 4.67. The molecule has 1 atom stereocenters. The van der Waals surface area contributed by atoms with Gasteiger partial charge in [-0.2, -0.15) is 10.3 Å². The number of amides is 2. The third-order valence-electron chi connectivity index (χ3n) is 6.62. The van der Waals surface area contributed by atoms with Crippen LogP contribution in [0.15, 0.2) is 78.0 Å². The van der Waals surface area contributed by atoms with Crippen LogP contribution < -0.4 is 15.0 Å². The topological polar surface area (TPSA) is 108 Å². The number of aromatic nitrogens is 3. The monoisotopic (exact) mass is 605 g/mol. The average Bonchev–Trinajstić information content (AvgIpc) is 3.47. The average molecular weight is 606 g/mol. The Labute approximate surface area is 250 Å². The number of para-hydroxylation sites is 1. The van der Waals surface area contributed by atoms with Gasteiger partial charge in [-0.3, -0.25) is 0 Å². The molecule has 4 aromatic rings. The number of nitriles is 1. The smallest absolute Gasteiger partial charge is 0.406 e. The van der Waals surface area contributed by atoms with E-state index < -0.39 is 18.4 Å². The van der Waals surface area contributed by atoms with E-state index in [1.165, 1.54) is 47.0 Å². The number of carbonyl (C=O) groups is 1. The summed E-state index contributed by atoms with van der Waals surface area (Å²) in [7, 11) is 0. The van der Waals surface area contributed by atoms with E-state index in [0.29, 0.717) is 27.8 Å². The maximum absolute atomic E-state index is 12.9. The van der Waals surface area contributed by atoms with Crippen molar-refractivity contribution in [1.29, 1.82) is 5.26 Å². The highest BCUT2D eigenvalue weighted by Gasteiger charge is 2.31. The molecule has 2 amide bonds. The lowest BCUT2D eigenvalue weighted by Crippen LogP contribution is -2.37. The lowest BCUT2D eigenvalue weighted by molar-refractivity contribution is -0.274. The van der Waals surface area contributed by atoms with E-state index >= 15 is 0 Å². The van der Waals surface area contributed by atoms with Gasteiger partial charge in [0.05, 0.1) is 11.8 Å². The van der Waals surface area contributed by atoms with Crippen molar-refractivity contribution in [2.45, 2.75) is 32.7 Å². The van der Waals surface area contributed by atoms with Crippen molar-refractivity contribution in [1.82, 2.24) is 20.1 Å². The number of aryl methyl sites for hydroxylation is 2. The third kappa shape index (κ3) is 7.15.